The zero-order valence-electron chi connectivity index (χ0n) is 9.45. The molecular formula is C11H16N2O2S. The maximum atomic E-state index is 11.5. The van der Waals surface area contributed by atoms with Crippen LogP contribution in [0.2, 0.25) is 0 Å². The molecule has 0 spiro atoms. The van der Waals surface area contributed by atoms with Crippen molar-refractivity contribution in [1.29, 1.82) is 0 Å². The van der Waals surface area contributed by atoms with Crippen molar-refractivity contribution in [2.24, 2.45) is 0 Å². The monoisotopic (exact) mass is 240 g/mol. The smallest absolute Gasteiger partial charge is 0.225 e. The Morgan fingerprint density at radius 3 is 2.94 bits per heavy atom. The summed E-state index contributed by atoms with van der Waals surface area (Å²) >= 11 is 1.65. The molecule has 0 bridgehead atoms. The number of thioether (sulfide) groups is 1. The van der Waals surface area contributed by atoms with E-state index in [-0.39, 0.29) is 5.91 Å². The van der Waals surface area contributed by atoms with Crippen molar-refractivity contribution in [3.63, 3.8) is 0 Å². The molecule has 1 amide bonds. The number of carbonyl (C=O) groups is 1. The first-order chi connectivity index (χ1) is 7.67. The Morgan fingerprint density at radius 2 is 2.31 bits per heavy atom. The molecule has 1 aromatic rings. The molecule has 3 N–H and O–H groups in total. The molecule has 0 heterocycles. The number of anilines is 2. The van der Waals surface area contributed by atoms with Crippen LogP contribution in [0.25, 0.3) is 0 Å². The summed E-state index contributed by atoms with van der Waals surface area (Å²) in [6.45, 7) is 0. The van der Waals surface area contributed by atoms with Crippen LogP contribution in [0.5, 0.6) is 5.75 Å². The van der Waals surface area contributed by atoms with Gasteiger partial charge < -0.3 is 15.8 Å². The second kappa shape index (κ2) is 6.27. The van der Waals surface area contributed by atoms with Gasteiger partial charge in [-0.3, -0.25) is 4.79 Å². The van der Waals surface area contributed by atoms with Crippen molar-refractivity contribution in [1.82, 2.24) is 0 Å². The number of rotatable bonds is 5. The first-order valence-electron chi connectivity index (χ1n) is 4.89. The standard InChI is InChI=1S/C11H16N2O2S/c1-15-10-7-8(3-4-9(10)12)13-11(14)5-6-16-2/h3-4,7H,5-6,12H2,1-2H3,(H,13,14). The van der Waals surface area contributed by atoms with Crippen LogP contribution in [-0.2, 0) is 4.79 Å². The molecule has 88 valence electrons. The fourth-order valence-electron chi connectivity index (χ4n) is 1.21. The highest BCUT2D eigenvalue weighted by molar-refractivity contribution is 7.98. The van der Waals surface area contributed by atoms with Crippen molar-refractivity contribution in [2.75, 3.05) is 30.2 Å². The van der Waals surface area contributed by atoms with Gasteiger partial charge in [0.25, 0.3) is 0 Å². The van der Waals surface area contributed by atoms with E-state index >= 15 is 0 Å². The molecule has 0 radical (unpaired) electrons. The SMILES string of the molecule is COc1cc(NC(=O)CCSC)ccc1N. The van der Waals surface area contributed by atoms with Crippen molar-refractivity contribution in [3.8, 4) is 5.75 Å². The molecule has 0 fully saturated rings. The molecule has 4 nitrogen and oxygen atoms in total. The molecule has 1 rings (SSSR count). The first-order valence-corrected chi connectivity index (χ1v) is 6.29. The van der Waals surface area contributed by atoms with Gasteiger partial charge in [0.15, 0.2) is 0 Å². The zero-order chi connectivity index (χ0) is 12.0. The molecule has 1 aromatic carbocycles. The number of nitrogens with two attached hydrogens (primary N) is 1. The van der Waals surface area contributed by atoms with E-state index in [9.17, 15) is 4.79 Å². The van der Waals surface area contributed by atoms with Crippen LogP contribution >= 0.6 is 11.8 Å². The van der Waals surface area contributed by atoms with Crippen LogP contribution in [0, 0.1) is 0 Å². The van der Waals surface area contributed by atoms with E-state index in [2.05, 4.69) is 5.32 Å². The minimum Gasteiger partial charge on any atom is -0.495 e. The molecule has 0 saturated carbocycles. The van der Waals surface area contributed by atoms with Gasteiger partial charge in [0.05, 0.1) is 12.8 Å². The molecule has 5 heteroatoms. The number of ether oxygens (including phenoxy) is 1. The summed E-state index contributed by atoms with van der Waals surface area (Å²) in [6.07, 6.45) is 2.48. The molecule has 0 aromatic heterocycles. The van der Waals surface area contributed by atoms with Gasteiger partial charge in [0, 0.05) is 23.9 Å². The van der Waals surface area contributed by atoms with E-state index < -0.39 is 0 Å². The fraction of sp³-hybridized carbons (Fsp3) is 0.364. The van der Waals surface area contributed by atoms with E-state index in [0.717, 1.165) is 5.75 Å². The summed E-state index contributed by atoms with van der Waals surface area (Å²) in [5.41, 5.74) is 6.94. The fourth-order valence-corrected chi connectivity index (χ4v) is 1.60. The number of hydrogen-bond acceptors (Lipinski definition) is 4. The predicted octanol–water partition coefficient (Wildman–Crippen LogP) is 1.97. The van der Waals surface area contributed by atoms with Gasteiger partial charge in [-0.05, 0) is 18.4 Å². The third-order valence-corrected chi connectivity index (χ3v) is 2.66. The average Bonchev–Trinajstić information content (AvgIpc) is 2.29. The largest absolute Gasteiger partial charge is 0.495 e. The highest BCUT2D eigenvalue weighted by Gasteiger charge is 2.04. The van der Waals surface area contributed by atoms with Crippen LogP contribution in [0.1, 0.15) is 6.42 Å². The molecule has 0 aliphatic carbocycles. The molecule has 0 aliphatic heterocycles. The van der Waals surface area contributed by atoms with Crippen LogP contribution in [0.4, 0.5) is 11.4 Å². The molecule has 0 aliphatic rings. The summed E-state index contributed by atoms with van der Waals surface area (Å²) in [4.78, 5) is 11.5. The Morgan fingerprint density at radius 1 is 1.56 bits per heavy atom. The Balaban J connectivity index is 2.63. The molecule has 0 saturated heterocycles. The second-order valence-corrected chi connectivity index (χ2v) is 4.23. The number of hydrogen-bond donors (Lipinski definition) is 2. The third-order valence-electron chi connectivity index (χ3n) is 2.05. The zero-order valence-corrected chi connectivity index (χ0v) is 10.3. The second-order valence-electron chi connectivity index (χ2n) is 3.25. The van der Waals surface area contributed by atoms with Gasteiger partial charge in [-0.25, -0.2) is 0 Å². The first kappa shape index (κ1) is 12.7. The highest BCUT2D eigenvalue weighted by atomic mass is 32.2. The third kappa shape index (κ3) is 3.66. The van der Waals surface area contributed by atoms with Gasteiger partial charge in [0.2, 0.25) is 5.91 Å². The number of methoxy groups -OCH3 is 1. The molecular weight excluding hydrogens is 224 g/mol. The number of benzene rings is 1. The Labute approximate surface area is 99.5 Å². The lowest BCUT2D eigenvalue weighted by molar-refractivity contribution is -0.115. The average molecular weight is 240 g/mol. The number of nitrogens with one attached hydrogen (secondary N) is 1. The van der Waals surface area contributed by atoms with Crippen molar-refractivity contribution in [2.45, 2.75) is 6.42 Å². The van der Waals surface area contributed by atoms with E-state index in [1.165, 1.54) is 0 Å². The number of nitrogen functional groups attached to an aromatic ring is 1. The minimum absolute atomic E-state index is 0.00109. The summed E-state index contributed by atoms with van der Waals surface area (Å²) in [7, 11) is 1.55. The van der Waals surface area contributed by atoms with Gasteiger partial charge >= 0.3 is 0 Å². The molecule has 16 heavy (non-hydrogen) atoms. The maximum Gasteiger partial charge on any atom is 0.225 e. The lowest BCUT2D eigenvalue weighted by Gasteiger charge is -2.08. The van der Waals surface area contributed by atoms with E-state index in [1.807, 2.05) is 6.26 Å². The number of carbonyl (C=O) groups excluding carboxylic acids is 1. The van der Waals surface area contributed by atoms with Crippen molar-refractivity contribution in [3.05, 3.63) is 18.2 Å². The summed E-state index contributed by atoms with van der Waals surface area (Å²) in [5, 5.41) is 2.79. The van der Waals surface area contributed by atoms with Gasteiger partial charge in [-0.2, -0.15) is 11.8 Å². The van der Waals surface area contributed by atoms with Crippen LogP contribution in [-0.4, -0.2) is 25.0 Å². The Kier molecular flexibility index (Phi) is 4.98. The summed E-state index contributed by atoms with van der Waals surface area (Å²) < 4.78 is 5.07. The number of amides is 1. The summed E-state index contributed by atoms with van der Waals surface area (Å²) in [5.74, 6) is 1.39. The summed E-state index contributed by atoms with van der Waals surface area (Å²) in [6, 6.07) is 5.18. The molecule has 0 unspecified atom stereocenters. The van der Waals surface area contributed by atoms with Crippen molar-refractivity contribution < 1.29 is 9.53 Å². The topological polar surface area (TPSA) is 64.3 Å². The highest BCUT2D eigenvalue weighted by Crippen LogP contribution is 2.24. The van der Waals surface area contributed by atoms with Crippen LogP contribution in [0.15, 0.2) is 18.2 Å². The van der Waals surface area contributed by atoms with Gasteiger partial charge in [-0.1, -0.05) is 0 Å². The lowest BCUT2D eigenvalue weighted by Crippen LogP contribution is -2.12. The quantitative estimate of drug-likeness (QED) is 0.772. The van der Waals surface area contributed by atoms with Crippen LogP contribution in [0.3, 0.4) is 0 Å². The van der Waals surface area contributed by atoms with E-state index in [1.54, 1.807) is 37.1 Å². The van der Waals surface area contributed by atoms with E-state index in [4.69, 9.17) is 10.5 Å². The Bertz CT molecular complexity index is 369. The predicted molar refractivity (Wildman–Crippen MR) is 69.0 cm³/mol. The Hall–Kier alpha value is -1.36. The van der Waals surface area contributed by atoms with Crippen molar-refractivity contribution >= 4 is 29.0 Å². The van der Waals surface area contributed by atoms with Gasteiger partial charge in [0.1, 0.15) is 5.75 Å². The van der Waals surface area contributed by atoms with Crippen LogP contribution < -0.4 is 15.8 Å². The van der Waals surface area contributed by atoms with E-state index in [0.29, 0.717) is 23.5 Å². The minimum atomic E-state index is 0.00109. The van der Waals surface area contributed by atoms with Gasteiger partial charge in [-0.15, -0.1) is 0 Å². The normalized spacial score (nSPS) is 9.88. The molecule has 0 atom stereocenters. The maximum absolute atomic E-state index is 11.5. The lowest BCUT2D eigenvalue weighted by atomic mass is 10.2.